The number of morpholine rings is 1. The normalized spacial score (nSPS) is 29.3. The largest absolute Gasteiger partial charge is 0.379 e. The van der Waals surface area contributed by atoms with E-state index in [4.69, 9.17) is 4.74 Å². The molecule has 0 radical (unpaired) electrons. The molecule has 0 aromatic heterocycles. The summed E-state index contributed by atoms with van der Waals surface area (Å²) < 4.78 is 34.0. The molecule has 0 aromatic rings. The predicted molar refractivity (Wildman–Crippen MR) is 74.2 cm³/mol. The zero-order chi connectivity index (χ0) is 13.9. The number of likely N-dealkylation sites (N-methyl/N-ethyl adjacent to an activating group) is 1. The predicted octanol–water partition coefficient (Wildman–Crippen LogP) is 0.0258. The molecule has 1 N–H and O–H groups in total. The van der Waals surface area contributed by atoms with Crippen LogP contribution in [0.4, 0.5) is 0 Å². The van der Waals surface area contributed by atoms with Crippen LogP contribution in [0, 0.1) is 0 Å². The van der Waals surface area contributed by atoms with Gasteiger partial charge in [-0.05, 0) is 26.8 Å². The number of ether oxygens (including phenoxy) is 1. The lowest BCUT2D eigenvalue weighted by atomic mass is 9.99. The first-order valence-corrected chi connectivity index (χ1v) is 8.49. The van der Waals surface area contributed by atoms with E-state index in [1.807, 2.05) is 7.05 Å². The van der Waals surface area contributed by atoms with Crippen molar-refractivity contribution in [3.8, 4) is 0 Å². The third-order valence-corrected chi connectivity index (χ3v) is 6.19. The molecule has 0 aromatic carbocycles. The molecule has 0 bridgehead atoms. The summed E-state index contributed by atoms with van der Waals surface area (Å²) in [4.78, 5) is 0. The van der Waals surface area contributed by atoms with E-state index in [-0.39, 0.29) is 12.1 Å². The number of hydrogen-bond acceptors (Lipinski definition) is 4. The van der Waals surface area contributed by atoms with Crippen molar-refractivity contribution in [3.63, 3.8) is 0 Å². The van der Waals surface area contributed by atoms with Crippen molar-refractivity contribution in [2.75, 3.05) is 39.9 Å². The van der Waals surface area contributed by atoms with Gasteiger partial charge in [-0.15, -0.1) is 0 Å². The SMILES string of the molecule is CNC(C)C1CCCCN1S(=O)(=O)N1CCOCC1. The zero-order valence-electron chi connectivity index (χ0n) is 11.8. The van der Waals surface area contributed by atoms with Crippen LogP contribution in [0.15, 0.2) is 0 Å². The topological polar surface area (TPSA) is 61.9 Å². The van der Waals surface area contributed by atoms with Crippen LogP contribution in [0.25, 0.3) is 0 Å². The summed E-state index contributed by atoms with van der Waals surface area (Å²) in [6.45, 7) is 4.63. The third kappa shape index (κ3) is 3.28. The van der Waals surface area contributed by atoms with E-state index in [1.54, 1.807) is 8.61 Å². The Morgan fingerprint density at radius 1 is 1.21 bits per heavy atom. The third-order valence-electron chi connectivity index (χ3n) is 4.12. The lowest BCUT2D eigenvalue weighted by molar-refractivity contribution is 0.0675. The van der Waals surface area contributed by atoms with E-state index in [0.717, 1.165) is 19.3 Å². The summed E-state index contributed by atoms with van der Waals surface area (Å²) in [6, 6.07) is 0.239. The summed E-state index contributed by atoms with van der Waals surface area (Å²) in [5.74, 6) is 0. The fraction of sp³-hybridized carbons (Fsp3) is 1.00. The van der Waals surface area contributed by atoms with Crippen LogP contribution in [0.3, 0.4) is 0 Å². The number of nitrogens with one attached hydrogen (secondary N) is 1. The molecule has 2 aliphatic heterocycles. The Balaban J connectivity index is 2.15. The minimum Gasteiger partial charge on any atom is -0.379 e. The molecular weight excluding hydrogens is 266 g/mol. The maximum absolute atomic E-state index is 12.7. The van der Waals surface area contributed by atoms with Gasteiger partial charge in [0.25, 0.3) is 10.2 Å². The Morgan fingerprint density at radius 2 is 1.89 bits per heavy atom. The second-order valence-corrected chi connectivity index (χ2v) is 7.15. The lowest BCUT2D eigenvalue weighted by Crippen LogP contribution is -2.57. The van der Waals surface area contributed by atoms with E-state index < -0.39 is 10.2 Å². The Morgan fingerprint density at radius 3 is 2.53 bits per heavy atom. The summed E-state index contributed by atoms with van der Waals surface area (Å²) in [5, 5.41) is 3.19. The van der Waals surface area contributed by atoms with Gasteiger partial charge in [0.05, 0.1) is 13.2 Å². The molecular formula is C12H25N3O3S. The molecule has 2 unspecified atom stereocenters. The van der Waals surface area contributed by atoms with Gasteiger partial charge in [0.1, 0.15) is 0 Å². The average molecular weight is 291 g/mol. The Bertz CT molecular complexity index is 382. The molecule has 0 spiro atoms. The molecule has 6 nitrogen and oxygen atoms in total. The molecule has 2 saturated heterocycles. The van der Waals surface area contributed by atoms with Crippen LogP contribution in [-0.4, -0.2) is 69.0 Å². The second kappa shape index (κ2) is 6.49. The fourth-order valence-electron chi connectivity index (χ4n) is 2.83. The van der Waals surface area contributed by atoms with E-state index in [1.165, 1.54) is 0 Å². The van der Waals surface area contributed by atoms with Crippen LogP contribution in [-0.2, 0) is 14.9 Å². The quantitative estimate of drug-likeness (QED) is 0.793. The molecule has 0 aliphatic carbocycles. The summed E-state index contributed by atoms with van der Waals surface area (Å²) in [7, 11) is -1.46. The average Bonchev–Trinajstić information content (AvgIpc) is 2.47. The molecule has 0 saturated carbocycles. The molecule has 2 fully saturated rings. The van der Waals surface area contributed by atoms with Crippen LogP contribution in [0.2, 0.25) is 0 Å². The number of rotatable bonds is 4. The molecule has 19 heavy (non-hydrogen) atoms. The van der Waals surface area contributed by atoms with Crippen LogP contribution in [0.1, 0.15) is 26.2 Å². The van der Waals surface area contributed by atoms with E-state index in [2.05, 4.69) is 12.2 Å². The maximum Gasteiger partial charge on any atom is 0.282 e. The molecule has 2 heterocycles. The molecule has 112 valence electrons. The Labute approximate surface area is 116 Å². The number of piperidine rings is 1. The van der Waals surface area contributed by atoms with E-state index in [0.29, 0.717) is 32.8 Å². The smallest absolute Gasteiger partial charge is 0.282 e. The monoisotopic (exact) mass is 291 g/mol. The van der Waals surface area contributed by atoms with Gasteiger partial charge in [0.2, 0.25) is 0 Å². The standard InChI is InChI=1S/C12H25N3O3S/c1-11(13-2)12-5-3-4-6-15(12)19(16,17)14-7-9-18-10-8-14/h11-13H,3-10H2,1-2H3. The first-order valence-electron chi connectivity index (χ1n) is 7.09. The Kier molecular flexibility index (Phi) is 5.19. The van der Waals surface area contributed by atoms with E-state index >= 15 is 0 Å². The molecule has 2 atom stereocenters. The lowest BCUT2D eigenvalue weighted by Gasteiger charge is -2.41. The van der Waals surface area contributed by atoms with Gasteiger partial charge in [0, 0.05) is 31.7 Å². The van der Waals surface area contributed by atoms with Crippen molar-refractivity contribution >= 4 is 10.2 Å². The highest BCUT2D eigenvalue weighted by Crippen LogP contribution is 2.25. The van der Waals surface area contributed by atoms with E-state index in [9.17, 15) is 8.42 Å². The Hall–Kier alpha value is -0.210. The highest BCUT2D eigenvalue weighted by molar-refractivity contribution is 7.86. The second-order valence-electron chi connectivity index (χ2n) is 5.27. The van der Waals surface area contributed by atoms with Crippen molar-refractivity contribution in [3.05, 3.63) is 0 Å². The molecule has 0 amide bonds. The molecule has 7 heteroatoms. The van der Waals surface area contributed by atoms with Gasteiger partial charge < -0.3 is 10.1 Å². The highest BCUT2D eigenvalue weighted by Gasteiger charge is 2.38. The van der Waals surface area contributed by atoms with Gasteiger partial charge in [0.15, 0.2) is 0 Å². The van der Waals surface area contributed by atoms with Gasteiger partial charge in [-0.3, -0.25) is 0 Å². The van der Waals surface area contributed by atoms with Gasteiger partial charge >= 0.3 is 0 Å². The first kappa shape index (κ1) is 15.2. The molecule has 2 aliphatic rings. The number of hydrogen-bond donors (Lipinski definition) is 1. The summed E-state index contributed by atoms with van der Waals surface area (Å²) >= 11 is 0. The van der Waals surface area contributed by atoms with Crippen LogP contribution in [0.5, 0.6) is 0 Å². The number of nitrogens with zero attached hydrogens (tertiary/aromatic N) is 2. The first-order chi connectivity index (χ1) is 9.07. The van der Waals surface area contributed by atoms with Gasteiger partial charge in [-0.1, -0.05) is 6.42 Å². The van der Waals surface area contributed by atoms with Gasteiger partial charge in [-0.25, -0.2) is 0 Å². The fourth-order valence-corrected chi connectivity index (χ4v) is 4.73. The van der Waals surface area contributed by atoms with Gasteiger partial charge in [-0.2, -0.15) is 17.0 Å². The van der Waals surface area contributed by atoms with Crippen molar-refractivity contribution < 1.29 is 13.2 Å². The maximum atomic E-state index is 12.7. The highest BCUT2D eigenvalue weighted by atomic mass is 32.2. The van der Waals surface area contributed by atoms with Crippen LogP contribution >= 0.6 is 0 Å². The van der Waals surface area contributed by atoms with Crippen molar-refractivity contribution in [2.24, 2.45) is 0 Å². The molecule has 2 rings (SSSR count). The summed E-state index contributed by atoms with van der Waals surface area (Å²) in [6.07, 6.45) is 2.99. The minimum atomic E-state index is -3.34. The van der Waals surface area contributed by atoms with Crippen LogP contribution < -0.4 is 5.32 Å². The minimum absolute atomic E-state index is 0.0617. The van der Waals surface area contributed by atoms with Crippen molar-refractivity contribution in [1.82, 2.24) is 13.9 Å². The van der Waals surface area contributed by atoms with Crippen molar-refractivity contribution in [2.45, 2.75) is 38.3 Å². The zero-order valence-corrected chi connectivity index (χ0v) is 12.7. The summed E-state index contributed by atoms with van der Waals surface area (Å²) in [5.41, 5.74) is 0. The van der Waals surface area contributed by atoms with Crippen molar-refractivity contribution in [1.29, 1.82) is 0 Å².